The Kier molecular flexibility index (Phi) is 3.76. The van der Waals surface area contributed by atoms with E-state index in [0.29, 0.717) is 5.92 Å². The fraction of sp³-hybridized carbons (Fsp3) is 0.667. The molecule has 1 aromatic carbocycles. The van der Waals surface area contributed by atoms with E-state index in [0.717, 1.165) is 12.4 Å². The van der Waals surface area contributed by atoms with Gasteiger partial charge in [0.2, 0.25) is 0 Å². The van der Waals surface area contributed by atoms with Crippen LogP contribution in [-0.4, -0.2) is 6.61 Å². The predicted octanol–water partition coefficient (Wildman–Crippen LogP) is 4.33. The molecule has 2 N–H and O–H groups in total. The molecular formula is C18H27NO. The molecule has 1 unspecified atom stereocenters. The molecule has 0 aromatic heterocycles. The lowest BCUT2D eigenvalue weighted by atomic mass is 9.82. The van der Waals surface area contributed by atoms with Gasteiger partial charge in [0, 0.05) is 17.0 Å². The van der Waals surface area contributed by atoms with E-state index in [2.05, 4.69) is 32.0 Å². The lowest BCUT2D eigenvalue weighted by Crippen LogP contribution is -2.22. The van der Waals surface area contributed by atoms with E-state index in [1.54, 1.807) is 0 Å². The second-order valence-electron chi connectivity index (χ2n) is 7.21. The number of hydrogen-bond donors (Lipinski definition) is 1. The van der Waals surface area contributed by atoms with Gasteiger partial charge >= 0.3 is 0 Å². The zero-order chi connectivity index (χ0) is 14.2. The maximum Gasteiger partial charge on any atom is 0.123 e. The van der Waals surface area contributed by atoms with Gasteiger partial charge in [-0.2, -0.15) is 0 Å². The fourth-order valence-corrected chi connectivity index (χ4v) is 3.69. The molecule has 1 saturated carbocycles. The van der Waals surface area contributed by atoms with Crippen molar-refractivity contribution in [2.45, 2.75) is 63.8 Å². The quantitative estimate of drug-likeness (QED) is 0.814. The highest BCUT2D eigenvalue weighted by Crippen LogP contribution is 2.41. The van der Waals surface area contributed by atoms with E-state index >= 15 is 0 Å². The largest absolute Gasteiger partial charge is 0.492 e. The third-order valence-corrected chi connectivity index (χ3v) is 5.11. The van der Waals surface area contributed by atoms with Crippen LogP contribution in [0.2, 0.25) is 0 Å². The molecule has 20 heavy (non-hydrogen) atoms. The molecule has 3 rings (SSSR count). The zero-order valence-corrected chi connectivity index (χ0v) is 12.8. The highest BCUT2D eigenvalue weighted by atomic mass is 16.5. The minimum Gasteiger partial charge on any atom is -0.492 e. The summed E-state index contributed by atoms with van der Waals surface area (Å²) in [5, 5.41) is 0. The molecule has 0 amide bonds. The molecule has 0 bridgehead atoms. The van der Waals surface area contributed by atoms with E-state index in [9.17, 15) is 0 Å². The van der Waals surface area contributed by atoms with Crippen molar-refractivity contribution in [1.29, 1.82) is 0 Å². The first-order valence-electron chi connectivity index (χ1n) is 8.11. The Morgan fingerprint density at radius 2 is 1.85 bits per heavy atom. The Bertz CT molecular complexity index is 472. The summed E-state index contributed by atoms with van der Waals surface area (Å²) in [6.07, 6.45) is 8.04. The van der Waals surface area contributed by atoms with Gasteiger partial charge in [-0.15, -0.1) is 0 Å². The molecule has 1 aliphatic heterocycles. The van der Waals surface area contributed by atoms with Crippen LogP contribution in [0.25, 0.3) is 0 Å². The van der Waals surface area contributed by atoms with Gasteiger partial charge in [-0.05, 0) is 36.5 Å². The first-order chi connectivity index (χ1) is 9.58. The molecule has 1 heterocycles. The van der Waals surface area contributed by atoms with Gasteiger partial charge in [-0.3, -0.25) is 0 Å². The van der Waals surface area contributed by atoms with Gasteiger partial charge in [0.1, 0.15) is 5.75 Å². The molecule has 0 radical (unpaired) electrons. The maximum atomic E-state index is 6.58. The summed E-state index contributed by atoms with van der Waals surface area (Å²) in [6.45, 7) is 5.28. The van der Waals surface area contributed by atoms with Gasteiger partial charge in [-0.25, -0.2) is 0 Å². The Morgan fingerprint density at radius 3 is 2.55 bits per heavy atom. The van der Waals surface area contributed by atoms with Crippen molar-refractivity contribution in [3.63, 3.8) is 0 Å². The summed E-state index contributed by atoms with van der Waals surface area (Å²) in [7, 11) is 0. The highest BCUT2D eigenvalue weighted by molar-refractivity contribution is 5.45. The van der Waals surface area contributed by atoms with Crippen LogP contribution in [0.4, 0.5) is 0 Å². The van der Waals surface area contributed by atoms with E-state index < -0.39 is 0 Å². The Hall–Kier alpha value is -1.02. The number of benzene rings is 1. The van der Waals surface area contributed by atoms with Crippen molar-refractivity contribution >= 4 is 0 Å². The summed E-state index contributed by atoms with van der Waals surface area (Å²) >= 11 is 0. The van der Waals surface area contributed by atoms with Gasteiger partial charge in [0.25, 0.3) is 0 Å². The van der Waals surface area contributed by atoms with E-state index in [4.69, 9.17) is 10.5 Å². The Balaban J connectivity index is 1.83. The summed E-state index contributed by atoms with van der Waals surface area (Å²) in [5.41, 5.74) is 9.33. The van der Waals surface area contributed by atoms with E-state index in [-0.39, 0.29) is 11.5 Å². The van der Waals surface area contributed by atoms with Crippen molar-refractivity contribution < 1.29 is 4.74 Å². The summed E-state index contributed by atoms with van der Waals surface area (Å²) < 4.78 is 5.77. The van der Waals surface area contributed by atoms with Gasteiger partial charge in [0.05, 0.1) is 6.61 Å². The number of nitrogens with two attached hydrogens (primary N) is 1. The second-order valence-corrected chi connectivity index (χ2v) is 7.21. The number of hydrogen-bond acceptors (Lipinski definition) is 2. The van der Waals surface area contributed by atoms with Crippen LogP contribution in [0.3, 0.4) is 0 Å². The molecular weight excluding hydrogens is 246 g/mol. The van der Waals surface area contributed by atoms with Gasteiger partial charge in [0.15, 0.2) is 0 Å². The van der Waals surface area contributed by atoms with Crippen LogP contribution in [0.15, 0.2) is 18.2 Å². The molecule has 0 spiro atoms. The van der Waals surface area contributed by atoms with E-state index in [1.807, 2.05) is 0 Å². The average molecular weight is 273 g/mol. The molecule has 110 valence electrons. The molecule has 0 saturated heterocycles. The van der Waals surface area contributed by atoms with Crippen LogP contribution in [0.5, 0.6) is 5.75 Å². The number of ether oxygens (including phenoxy) is 1. The minimum atomic E-state index is 0.120. The lowest BCUT2D eigenvalue weighted by Gasteiger charge is -2.24. The third kappa shape index (κ3) is 2.58. The molecule has 2 heteroatoms. The van der Waals surface area contributed by atoms with Crippen LogP contribution in [0.1, 0.15) is 69.5 Å². The zero-order valence-electron chi connectivity index (χ0n) is 12.8. The van der Waals surface area contributed by atoms with Crippen LogP contribution in [0, 0.1) is 5.92 Å². The SMILES string of the molecule is CC1(C)COc2ccc(C(N)C3CCCCCC3)cc21. The summed E-state index contributed by atoms with van der Waals surface area (Å²) in [4.78, 5) is 0. The van der Waals surface area contributed by atoms with E-state index in [1.165, 1.54) is 49.7 Å². The van der Waals surface area contributed by atoms with Crippen molar-refractivity contribution in [2.75, 3.05) is 6.61 Å². The standard InChI is InChI=1S/C18H27NO/c1-18(2)12-20-16-10-9-14(11-15(16)18)17(19)13-7-5-3-4-6-8-13/h9-11,13,17H,3-8,12,19H2,1-2H3. The van der Waals surface area contributed by atoms with Crippen LogP contribution in [-0.2, 0) is 5.41 Å². The molecule has 1 aliphatic carbocycles. The normalized spacial score (nSPS) is 23.8. The lowest BCUT2D eigenvalue weighted by molar-refractivity contribution is 0.291. The van der Waals surface area contributed by atoms with Gasteiger partial charge < -0.3 is 10.5 Å². The molecule has 1 aromatic rings. The van der Waals surface area contributed by atoms with Crippen molar-refractivity contribution in [3.05, 3.63) is 29.3 Å². The van der Waals surface area contributed by atoms with Crippen molar-refractivity contribution in [2.24, 2.45) is 11.7 Å². The molecule has 1 fully saturated rings. The molecule has 1 atom stereocenters. The Labute approximate surface area is 122 Å². The van der Waals surface area contributed by atoms with Crippen LogP contribution < -0.4 is 10.5 Å². The first-order valence-corrected chi connectivity index (χ1v) is 8.11. The minimum absolute atomic E-state index is 0.120. The summed E-state index contributed by atoms with van der Waals surface area (Å²) in [6, 6.07) is 6.79. The smallest absolute Gasteiger partial charge is 0.123 e. The molecule has 2 nitrogen and oxygen atoms in total. The summed E-state index contributed by atoms with van der Waals surface area (Å²) in [5.74, 6) is 1.70. The maximum absolute atomic E-state index is 6.58. The average Bonchev–Trinajstić information content (AvgIpc) is 2.64. The Morgan fingerprint density at radius 1 is 1.15 bits per heavy atom. The number of fused-ring (bicyclic) bond motifs is 1. The number of rotatable bonds is 2. The van der Waals surface area contributed by atoms with Gasteiger partial charge in [-0.1, -0.05) is 45.6 Å². The monoisotopic (exact) mass is 273 g/mol. The topological polar surface area (TPSA) is 35.2 Å². The highest BCUT2D eigenvalue weighted by Gasteiger charge is 2.32. The predicted molar refractivity (Wildman–Crippen MR) is 83.1 cm³/mol. The molecule has 2 aliphatic rings. The van der Waals surface area contributed by atoms with Crippen molar-refractivity contribution in [3.8, 4) is 5.75 Å². The first kappa shape index (κ1) is 13.9. The second kappa shape index (κ2) is 5.40. The third-order valence-electron chi connectivity index (χ3n) is 5.11. The van der Waals surface area contributed by atoms with Crippen LogP contribution >= 0.6 is 0 Å². The van der Waals surface area contributed by atoms with Crippen molar-refractivity contribution in [1.82, 2.24) is 0 Å². The fourth-order valence-electron chi connectivity index (χ4n) is 3.69.